The minimum atomic E-state index is -0.684. The first-order valence-electron chi connectivity index (χ1n) is 13.9. The third kappa shape index (κ3) is 7.16. The summed E-state index contributed by atoms with van der Waals surface area (Å²) in [5, 5.41) is 11.4. The standard InChI is InChI=1S/C31H42N2O5/c1-5-9-21-38-25-16-14-23(15-17-25)28-27(29(34)24-12-10-13-26(22-24)37-20-6-2)30(35)31(36)33(28)19-11-18-32(7-3)8-4/h10,12-17,22,28,34H,5-9,11,18-21H2,1-4H3/b29-27+. The number of ether oxygens (including phenoxy) is 2. The van der Waals surface area contributed by atoms with Crippen LogP contribution in [-0.2, 0) is 9.59 Å². The van der Waals surface area contributed by atoms with Crippen molar-refractivity contribution in [3.05, 3.63) is 65.2 Å². The minimum Gasteiger partial charge on any atom is -0.507 e. The number of amides is 1. The molecule has 0 saturated carbocycles. The number of unbranched alkanes of at least 4 members (excludes halogenated alkanes) is 1. The van der Waals surface area contributed by atoms with E-state index < -0.39 is 17.7 Å². The highest BCUT2D eigenvalue weighted by Gasteiger charge is 2.45. The molecular weight excluding hydrogens is 480 g/mol. The Morgan fingerprint density at radius 3 is 2.26 bits per heavy atom. The van der Waals surface area contributed by atoms with Crippen molar-refractivity contribution in [3.63, 3.8) is 0 Å². The van der Waals surface area contributed by atoms with E-state index in [0.29, 0.717) is 31.1 Å². The average Bonchev–Trinajstić information content (AvgIpc) is 3.19. The van der Waals surface area contributed by atoms with Gasteiger partial charge in [0.1, 0.15) is 17.3 Å². The second-order valence-electron chi connectivity index (χ2n) is 9.52. The first-order chi connectivity index (χ1) is 18.4. The lowest BCUT2D eigenvalue weighted by molar-refractivity contribution is -0.140. The molecule has 3 rings (SSSR count). The van der Waals surface area contributed by atoms with Gasteiger partial charge in [0.25, 0.3) is 11.7 Å². The summed E-state index contributed by atoms with van der Waals surface area (Å²) in [7, 11) is 0. The molecular formula is C31H42N2O5. The number of ketones is 1. The summed E-state index contributed by atoms with van der Waals surface area (Å²) in [6.07, 6.45) is 3.59. The first kappa shape index (κ1) is 29.2. The Balaban J connectivity index is 1.98. The monoisotopic (exact) mass is 522 g/mol. The summed E-state index contributed by atoms with van der Waals surface area (Å²) in [6, 6.07) is 13.8. The van der Waals surface area contributed by atoms with Gasteiger partial charge in [-0.2, -0.15) is 0 Å². The van der Waals surface area contributed by atoms with Crippen molar-refractivity contribution in [2.75, 3.05) is 39.4 Å². The Labute approximate surface area is 227 Å². The van der Waals surface area contributed by atoms with E-state index in [4.69, 9.17) is 9.47 Å². The van der Waals surface area contributed by atoms with Crippen LogP contribution < -0.4 is 9.47 Å². The van der Waals surface area contributed by atoms with Crippen molar-refractivity contribution in [2.24, 2.45) is 0 Å². The highest BCUT2D eigenvalue weighted by molar-refractivity contribution is 6.46. The maximum absolute atomic E-state index is 13.3. The van der Waals surface area contributed by atoms with Crippen molar-refractivity contribution in [1.29, 1.82) is 0 Å². The predicted molar refractivity (Wildman–Crippen MR) is 150 cm³/mol. The summed E-state index contributed by atoms with van der Waals surface area (Å²) in [5.74, 6) is -0.1000. The fraction of sp³-hybridized carbons (Fsp3) is 0.484. The van der Waals surface area contributed by atoms with Crippen molar-refractivity contribution in [1.82, 2.24) is 9.80 Å². The van der Waals surface area contributed by atoms with Crippen LogP contribution >= 0.6 is 0 Å². The highest BCUT2D eigenvalue weighted by atomic mass is 16.5. The molecule has 1 amide bonds. The average molecular weight is 523 g/mol. The summed E-state index contributed by atoms with van der Waals surface area (Å²) in [6.45, 7) is 12.6. The molecule has 1 fully saturated rings. The summed E-state index contributed by atoms with van der Waals surface area (Å²) < 4.78 is 11.5. The number of nitrogens with zero attached hydrogens (tertiary/aromatic N) is 2. The predicted octanol–water partition coefficient (Wildman–Crippen LogP) is 5.81. The number of carbonyl (C=O) groups excluding carboxylic acids is 2. The van der Waals surface area contributed by atoms with Gasteiger partial charge in [0.2, 0.25) is 0 Å². The molecule has 1 N–H and O–H groups in total. The molecule has 1 saturated heterocycles. The van der Waals surface area contributed by atoms with Gasteiger partial charge in [0.05, 0.1) is 24.8 Å². The maximum Gasteiger partial charge on any atom is 0.295 e. The Hall–Kier alpha value is -3.32. The molecule has 1 unspecified atom stereocenters. The lowest BCUT2D eigenvalue weighted by atomic mass is 9.95. The maximum atomic E-state index is 13.3. The molecule has 0 aromatic heterocycles. The topological polar surface area (TPSA) is 79.3 Å². The van der Waals surface area contributed by atoms with Gasteiger partial charge in [0.15, 0.2) is 0 Å². The Bertz CT molecular complexity index is 1090. The molecule has 0 spiro atoms. The van der Waals surface area contributed by atoms with Crippen LogP contribution in [0.5, 0.6) is 11.5 Å². The van der Waals surface area contributed by atoms with Gasteiger partial charge in [-0.15, -0.1) is 0 Å². The van der Waals surface area contributed by atoms with Gasteiger partial charge in [-0.1, -0.05) is 58.4 Å². The van der Waals surface area contributed by atoms with E-state index in [1.54, 1.807) is 23.1 Å². The van der Waals surface area contributed by atoms with Crippen LogP contribution in [0.4, 0.5) is 0 Å². The van der Waals surface area contributed by atoms with Crippen LogP contribution in [0.15, 0.2) is 54.1 Å². The van der Waals surface area contributed by atoms with Crippen molar-refractivity contribution >= 4 is 17.4 Å². The van der Waals surface area contributed by atoms with Gasteiger partial charge in [-0.3, -0.25) is 9.59 Å². The number of carbonyl (C=O) groups is 2. The molecule has 0 bridgehead atoms. The SMILES string of the molecule is CCCCOc1ccc(C2/C(=C(\O)c3cccc(OCCC)c3)C(=O)C(=O)N2CCCN(CC)CC)cc1. The van der Waals surface area contributed by atoms with E-state index in [9.17, 15) is 14.7 Å². The molecule has 1 aliphatic rings. The number of Topliss-reactive ketones (excluding diaryl/α,β-unsaturated/α-hetero) is 1. The molecule has 2 aromatic carbocycles. The number of aliphatic hydroxyl groups excluding tert-OH is 1. The molecule has 7 nitrogen and oxygen atoms in total. The van der Waals surface area contributed by atoms with Gasteiger partial charge in [-0.25, -0.2) is 0 Å². The fourth-order valence-electron chi connectivity index (χ4n) is 4.65. The zero-order chi connectivity index (χ0) is 27.5. The molecule has 38 heavy (non-hydrogen) atoms. The number of aliphatic hydroxyl groups is 1. The van der Waals surface area contributed by atoms with Gasteiger partial charge in [-0.05, 0) is 68.7 Å². The molecule has 1 atom stereocenters. The number of hydrogen-bond acceptors (Lipinski definition) is 6. The molecule has 0 aliphatic carbocycles. The minimum absolute atomic E-state index is 0.102. The van der Waals surface area contributed by atoms with Crippen LogP contribution in [-0.4, -0.2) is 66.0 Å². The highest BCUT2D eigenvalue weighted by Crippen LogP contribution is 2.40. The largest absolute Gasteiger partial charge is 0.507 e. The van der Waals surface area contributed by atoms with Crippen LogP contribution in [0.25, 0.3) is 5.76 Å². The Kier molecular flexibility index (Phi) is 11.2. The smallest absolute Gasteiger partial charge is 0.295 e. The lowest BCUT2D eigenvalue weighted by Gasteiger charge is -2.27. The van der Waals surface area contributed by atoms with Crippen molar-refractivity contribution in [2.45, 2.75) is 59.4 Å². The van der Waals surface area contributed by atoms with E-state index in [1.165, 1.54) is 0 Å². The molecule has 0 radical (unpaired) electrons. The fourth-order valence-corrected chi connectivity index (χ4v) is 4.65. The zero-order valence-electron chi connectivity index (χ0n) is 23.2. The van der Waals surface area contributed by atoms with E-state index >= 15 is 0 Å². The molecule has 7 heteroatoms. The van der Waals surface area contributed by atoms with Crippen LogP contribution in [0.1, 0.15) is 70.5 Å². The summed E-state index contributed by atoms with van der Waals surface area (Å²) >= 11 is 0. The second-order valence-corrected chi connectivity index (χ2v) is 9.52. The Morgan fingerprint density at radius 2 is 1.61 bits per heavy atom. The van der Waals surface area contributed by atoms with E-state index in [0.717, 1.165) is 56.6 Å². The third-order valence-electron chi connectivity index (χ3n) is 6.85. The van der Waals surface area contributed by atoms with E-state index in [-0.39, 0.29) is 11.3 Å². The second kappa shape index (κ2) is 14.6. The Morgan fingerprint density at radius 1 is 0.895 bits per heavy atom. The molecule has 2 aromatic rings. The number of benzene rings is 2. The van der Waals surface area contributed by atoms with Gasteiger partial charge >= 0.3 is 0 Å². The first-order valence-corrected chi connectivity index (χ1v) is 13.9. The van der Waals surface area contributed by atoms with Crippen molar-refractivity contribution < 1.29 is 24.2 Å². The van der Waals surface area contributed by atoms with E-state index in [2.05, 4.69) is 25.7 Å². The van der Waals surface area contributed by atoms with Crippen molar-refractivity contribution in [3.8, 4) is 11.5 Å². The molecule has 1 heterocycles. The number of likely N-dealkylation sites (tertiary alicyclic amines) is 1. The zero-order valence-corrected chi connectivity index (χ0v) is 23.2. The van der Waals surface area contributed by atoms with Crippen LogP contribution in [0.2, 0.25) is 0 Å². The van der Waals surface area contributed by atoms with E-state index in [1.807, 2.05) is 37.3 Å². The number of hydrogen-bond donors (Lipinski definition) is 1. The van der Waals surface area contributed by atoms with Gasteiger partial charge in [0, 0.05) is 12.1 Å². The summed E-state index contributed by atoms with van der Waals surface area (Å²) in [5.41, 5.74) is 1.31. The quantitative estimate of drug-likeness (QED) is 0.138. The summed E-state index contributed by atoms with van der Waals surface area (Å²) in [4.78, 5) is 30.5. The third-order valence-corrected chi connectivity index (χ3v) is 6.85. The van der Waals surface area contributed by atoms with Crippen LogP contribution in [0, 0.1) is 0 Å². The number of rotatable bonds is 15. The molecule has 206 valence electrons. The molecule has 1 aliphatic heterocycles. The van der Waals surface area contributed by atoms with Crippen LogP contribution in [0.3, 0.4) is 0 Å². The van der Waals surface area contributed by atoms with Gasteiger partial charge < -0.3 is 24.4 Å². The normalized spacial score (nSPS) is 16.9. The lowest BCUT2D eigenvalue weighted by Crippen LogP contribution is -2.33.